The van der Waals surface area contributed by atoms with Crippen molar-refractivity contribution in [2.24, 2.45) is 5.73 Å². The number of rotatable bonds is 3. The number of nitrogens with zero attached hydrogens (tertiary/aromatic N) is 2. The number of aromatic nitrogens is 3. The third-order valence-corrected chi connectivity index (χ3v) is 3.77. The smallest absolute Gasteiger partial charge is 0.229 e. The van der Waals surface area contributed by atoms with Crippen LogP contribution in [0.1, 0.15) is 12.8 Å². The number of nitrogens with two attached hydrogens (primary N) is 1. The van der Waals surface area contributed by atoms with Crippen LogP contribution in [0.2, 0.25) is 0 Å². The highest BCUT2D eigenvalue weighted by Gasteiger charge is 2.27. The molecule has 0 bridgehead atoms. The quantitative estimate of drug-likeness (QED) is 0.677. The van der Waals surface area contributed by atoms with Crippen molar-refractivity contribution < 1.29 is 4.42 Å². The fourth-order valence-corrected chi connectivity index (χ4v) is 2.67. The Balaban J connectivity index is 1.81. The summed E-state index contributed by atoms with van der Waals surface area (Å²) in [6.07, 6.45) is 8.85. The van der Waals surface area contributed by atoms with Gasteiger partial charge < -0.3 is 20.5 Å². The summed E-state index contributed by atoms with van der Waals surface area (Å²) in [5, 5.41) is 4.60. The average molecular weight is 269 g/mol. The van der Waals surface area contributed by atoms with Crippen molar-refractivity contribution in [3.8, 4) is 11.5 Å². The van der Waals surface area contributed by atoms with Gasteiger partial charge in [0, 0.05) is 29.9 Å². The monoisotopic (exact) mass is 269 g/mol. The predicted molar refractivity (Wildman–Crippen MR) is 76.2 cm³/mol. The molecule has 6 heteroatoms. The molecule has 0 spiro atoms. The third kappa shape index (κ3) is 1.77. The van der Waals surface area contributed by atoms with Gasteiger partial charge in [-0.05, 0) is 18.9 Å². The van der Waals surface area contributed by atoms with Crippen LogP contribution in [0, 0.1) is 0 Å². The molecule has 0 radical (unpaired) electrons. The Morgan fingerprint density at radius 1 is 1.35 bits per heavy atom. The summed E-state index contributed by atoms with van der Waals surface area (Å²) in [5.74, 6) is 0.576. The van der Waals surface area contributed by atoms with Crippen LogP contribution < -0.4 is 11.1 Å². The van der Waals surface area contributed by atoms with E-state index in [1.807, 2.05) is 12.3 Å². The lowest BCUT2D eigenvalue weighted by molar-refractivity contribution is 0.374. The summed E-state index contributed by atoms with van der Waals surface area (Å²) < 4.78 is 5.41. The molecule has 3 aromatic heterocycles. The SMILES string of the molecule is N[C@H]1C[C@@H](Nc2c(-c3ncco3)cnc3[nH]ccc23)C1. The maximum atomic E-state index is 5.86. The van der Waals surface area contributed by atoms with Gasteiger partial charge in [-0.15, -0.1) is 0 Å². The molecule has 1 aliphatic carbocycles. The van der Waals surface area contributed by atoms with Gasteiger partial charge in [-0.2, -0.15) is 0 Å². The van der Waals surface area contributed by atoms with Crippen LogP contribution in [-0.2, 0) is 0 Å². The van der Waals surface area contributed by atoms with E-state index in [1.54, 1.807) is 18.7 Å². The van der Waals surface area contributed by atoms with Gasteiger partial charge in [0.2, 0.25) is 5.89 Å². The van der Waals surface area contributed by atoms with E-state index in [4.69, 9.17) is 10.2 Å². The minimum atomic E-state index is 0.307. The molecular weight excluding hydrogens is 254 g/mol. The van der Waals surface area contributed by atoms with Crippen LogP contribution in [0.4, 0.5) is 5.69 Å². The molecule has 0 aromatic carbocycles. The third-order valence-electron chi connectivity index (χ3n) is 3.77. The molecule has 4 N–H and O–H groups in total. The van der Waals surface area contributed by atoms with Crippen molar-refractivity contribution in [3.05, 3.63) is 30.9 Å². The van der Waals surface area contributed by atoms with Crippen molar-refractivity contribution in [3.63, 3.8) is 0 Å². The molecule has 0 amide bonds. The molecule has 0 saturated heterocycles. The lowest BCUT2D eigenvalue weighted by Crippen LogP contribution is -2.44. The highest BCUT2D eigenvalue weighted by Crippen LogP contribution is 2.35. The number of oxazole rings is 1. The summed E-state index contributed by atoms with van der Waals surface area (Å²) in [6, 6.07) is 2.72. The Morgan fingerprint density at radius 2 is 2.25 bits per heavy atom. The van der Waals surface area contributed by atoms with Gasteiger partial charge in [-0.25, -0.2) is 9.97 Å². The van der Waals surface area contributed by atoms with Crippen molar-refractivity contribution in [2.75, 3.05) is 5.32 Å². The Bertz CT molecular complexity index is 727. The number of H-pyrrole nitrogens is 1. The van der Waals surface area contributed by atoms with E-state index in [0.29, 0.717) is 18.0 Å². The second-order valence-electron chi connectivity index (χ2n) is 5.20. The number of aromatic amines is 1. The molecule has 1 saturated carbocycles. The Morgan fingerprint density at radius 3 is 3.00 bits per heavy atom. The number of pyridine rings is 1. The molecule has 102 valence electrons. The number of nitrogens with one attached hydrogen (secondary N) is 2. The maximum absolute atomic E-state index is 5.86. The van der Waals surface area contributed by atoms with Gasteiger partial charge in [-0.1, -0.05) is 0 Å². The van der Waals surface area contributed by atoms with Crippen LogP contribution in [0.3, 0.4) is 0 Å². The van der Waals surface area contributed by atoms with Crippen LogP contribution in [0.15, 0.2) is 35.3 Å². The molecule has 3 heterocycles. The molecule has 0 aliphatic heterocycles. The normalized spacial score (nSPS) is 21.9. The zero-order chi connectivity index (χ0) is 13.5. The molecule has 0 unspecified atom stereocenters. The molecule has 1 fully saturated rings. The van der Waals surface area contributed by atoms with E-state index in [2.05, 4.69) is 20.3 Å². The fraction of sp³-hybridized carbons (Fsp3) is 0.286. The first-order valence-electron chi connectivity index (χ1n) is 6.69. The predicted octanol–water partition coefficient (Wildman–Crippen LogP) is 2.12. The topological polar surface area (TPSA) is 92.8 Å². The minimum Gasteiger partial charge on any atom is -0.444 e. The van der Waals surface area contributed by atoms with Gasteiger partial charge in [0.1, 0.15) is 11.9 Å². The van der Waals surface area contributed by atoms with E-state index in [9.17, 15) is 0 Å². The Hall–Kier alpha value is -2.34. The van der Waals surface area contributed by atoms with Crippen LogP contribution in [0.5, 0.6) is 0 Å². The summed E-state index contributed by atoms with van der Waals surface area (Å²) in [6.45, 7) is 0. The van der Waals surface area contributed by atoms with E-state index < -0.39 is 0 Å². The first-order valence-corrected chi connectivity index (χ1v) is 6.69. The number of fused-ring (bicyclic) bond motifs is 1. The van der Waals surface area contributed by atoms with Crippen molar-refractivity contribution >= 4 is 16.7 Å². The van der Waals surface area contributed by atoms with E-state index >= 15 is 0 Å². The van der Waals surface area contributed by atoms with E-state index in [0.717, 1.165) is 35.1 Å². The number of hydrogen-bond donors (Lipinski definition) is 3. The van der Waals surface area contributed by atoms with E-state index in [1.165, 1.54) is 0 Å². The summed E-state index contributed by atoms with van der Waals surface area (Å²) in [4.78, 5) is 11.8. The summed E-state index contributed by atoms with van der Waals surface area (Å²) in [7, 11) is 0. The summed E-state index contributed by atoms with van der Waals surface area (Å²) >= 11 is 0. The largest absolute Gasteiger partial charge is 0.444 e. The number of hydrogen-bond acceptors (Lipinski definition) is 5. The zero-order valence-electron chi connectivity index (χ0n) is 10.8. The molecule has 4 rings (SSSR count). The minimum absolute atomic E-state index is 0.307. The van der Waals surface area contributed by atoms with Gasteiger partial charge in [-0.3, -0.25) is 0 Å². The maximum Gasteiger partial charge on any atom is 0.229 e. The highest BCUT2D eigenvalue weighted by molar-refractivity contribution is 5.97. The second-order valence-corrected chi connectivity index (χ2v) is 5.20. The van der Waals surface area contributed by atoms with Gasteiger partial charge >= 0.3 is 0 Å². The van der Waals surface area contributed by atoms with Crippen LogP contribution in [-0.4, -0.2) is 27.0 Å². The van der Waals surface area contributed by atoms with Crippen LogP contribution >= 0.6 is 0 Å². The summed E-state index contributed by atoms with van der Waals surface area (Å²) in [5.41, 5.74) is 8.60. The average Bonchev–Trinajstić information content (AvgIpc) is 3.08. The first kappa shape index (κ1) is 11.5. The van der Waals surface area contributed by atoms with Gasteiger partial charge in [0.25, 0.3) is 0 Å². The molecule has 1 aliphatic rings. The van der Waals surface area contributed by atoms with Crippen molar-refractivity contribution in [2.45, 2.75) is 24.9 Å². The zero-order valence-corrected chi connectivity index (χ0v) is 10.8. The van der Waals surface area contributed by atoms with Crippen LogP contribution in [0.25, 0.3) is 22.5 Å². The van der Waals surface area contributed by atoms with E-state index in [-0.39, 0.29) is 0 Å². The van der Waals surface area contributed by atoms with Gasteiger partial charge in [0.15, 0.2) is 0 Å². The van der Waals surface area contributed by atoms with Gasteiger partial charge in [0.05, 0.1) is 17.4 Å². The Labute approximate surface area is 115 Å². The molecule has 0 atom stereocenters. The lowest BCUT2D eigenvalue weighted by atomic mass is 9.87. The standard InChI is InChI=1S/C14H15N5O/c15-8-5-9(6-8)19-12-10-1-2-16-13(10)18-7-11(12)14-17-3-4-20-14/h1-4,7-9H,5-6,15H2,(H2,16,18,19)/t8-,9+. The molecule has 6 nitrogen and oxygen atoms in total. The lowest BCUT2D eigenvalue weighted by Gasteiger charge is -2.34. The van der Waals surface area contributed by atoms with Crippen molar-refractivity contribution in [1.82, 2.24) is 15.0 Å². The highest BCUT2D eigenvalue weighted by atomic mass is 16.3. The molecular formula is C14H15N5O. The van der Waals surface area contributed by atoms with Crippen molar-refractivity contribution in [1.29, 1.82) is 0 Å². The molecule has 3 aromatic rings. The fourth-order valence-electron chi connectivity index (χ4n) is 2.67. The molecule has 20 heavy (non-hydrogen) atoms. The Kier molecular flexibility index (Phi) is 2.50. The second kappa shape index (κ2) is 4.35. The first-order chi connectivity index (χ1) is 9.81. The number of anilines is 1.